The fourth-order valence-electron chi connectivity index (χ4n) is 4.52. The molecule has 0 atom stereocenters. The highest BCUT2D eigenvalue weighted by atomic mass is 35.5. The van der Waals surface area contributed by atoms with E-state index in [1.807, 2.05) is 12.1 Å². The lowest BCUT2D eigenvalue weighted by Crippen LogP contribution is -2.48. The molecule has 0 spiro atoms. The highest BCUT2D eigenvalue weighted by Gasteiger charge is 2.22. The van der Waals surface area contributed by atoms with E-state index in [2.05, 4.69) is 19.8 Å². The second-order valence-corrected chi connectivity index (χ2v) is 12.5. The molecule has 14 heteroatoms. The summed E-state index contributed by atoms with van der Waals surface area (Å²) >= 11 is 7.44. The molecule has 1 fully saturated rings. The van der Waals surface area contributed by atoms with Gasteiger partial charge in [0.2, 0.25) is 0 Å². The molecular formula is C28H31Cl2N5O5S2. The van der Waals surface area contributed by atoms with Crippen LogP contribution in [0, 0.1) is 0 Å². The minimum atomic E-state index is -3.76. The molecule has 10 nitrogen and oxygen atoms in total. The predicted molar refractivity (Wildman–Crippen MR) is 170 cm³/mol. The highest BCUT2D eigenvalue weighted by Crippen LogP contribution is 2.40. The number of hydrogen-bond donors (Lipinski definition) is 2. The lowest BCUT2D eigenvalue weighted by molar-refractivity contribution is 0.0948. The Morgan fingerprint density at radius 3 is 2.24 bits per heavy atom. The molecule has 0 saturated carbocycles. The van der Waals surface area contributed by atoms with Crippen molar-refractivity contribution in [2.24, 2.45) is 0 Å². The summed E-state index contributed by atoms with van der Waals surface area (Å²) in [6.07, 6.45) is 0. The van der Waals surface area contributed by atoms with Gasteiger partial charge in [-0.25, -0.2) is 13.4 Å². The van der Waals surface area contributed by atoms with E-state index in [-0.39, 0.29) is 23.2 Å². The molecule has 0 unspecified atom stereocenters. The van der Waals surface area contributed by atoms with Gasteiger partial charge in [0.1, 0.15) is 21.7 Å². The Hall–Kier alpha value is -3.29. The molecule has 5 rings (SSSR count). The smallest absolute Gasteiger partial charge is 0.261 e. The van der Waals surface area contributed by atoms with Crippen molar-refractivity contribution in [3.8, 4) is 11.5 Å². The van der Waals surface area contributed by atoms with Gasteiger partial charge in [0, 0.05) is 55.5 Å². The Balaban J connectivity index is 0.00000405. The van der Waals surface area contributed by atoms with Crippen molar-refractivity contribution in [3.05, 3.63) is 71.2 Å². The molecular weight excluding hydrogens is 621 g/mol. The zero-order valence-electron chi connectivity index (χ0n) is 23.0. The molecule has 1 aromatic heterocycles. The molecule has 0 aliphatic carbocycles. The van der Waals surface area contributed by atoms with Crippen LogP contribution in [0.4, 0.5) is 10.8 Å². The van der Waals surface area contributed by atoms with Gasteiger partial charge in [-0.05, 0) is 60.7 Å². The Labute approximate surface area is 260 Å². The number of carbonyl (C=O) groups is 1. The summed E-state index contributed by atoms with van der Waals surface area (Å²) in [4.78, 5) is 22.1. The first-order valence-electron chi connectivity index (χ1n) is 12.9. The van der Waals surface area contributed by atoms with Gasteiger partial charge in [0.05, 0.1) is 19.1 Å². The fourth-order valence-corrected chi connectivity index (χ4v) is 6.83. The summed E-state index contributed by atoms with van der Waals surface area (Å²) in [6, 6.07) is 16.0. The summed E-state index contributed by atoms with van der Waals surface area (Å²) < 4.78 is 39.6. The number of halogens is 2. The number of benzene rings is 3. The molecule has 0 bridgehead atoms. The first kappa shape index (κ1) is 31.6. The third-order valence-electron chi connectivity index (χ3n) is 6.78. The first-order chi connectivity index (χ1) is 19.8. The van der Waals surface area contributed by atoms with Crippen molar-refractivity contribution >= 4 is 72.3 Å². The van der Waals surface area contributed by atoms with Crippen LogP contribution in [0.1, 0.15) is 10.4 Å². The predicted octanol–water partition coefficient (Wildman–Crippen LogP) is 4.74. The van der Waals surface area contributed by atoms with Crippen molar-refractivity contribution in [2.45, 2.75) is 4.90 Å². The molecule has 3 aromatic carbocycles. The van der Waals surface area contributed by atoms with Gasteiger partial charge in [-0.3, -0.25) is 14.4 Å². The molecule has 42 heavy (non-hydrogen) atoms. The minimum Gasteiger partial charge on any atom is -0.495 e. The zero-order chi connectivity index (χ0) is 29.0. The maximum absolute atomic E-state index is 12.6. The number of hydrogen-bond acceptors (Lipinski definition) is 9. The average molecular weight is 653 g/mol. The summed E-state index contributed by atoms with van der Waals surface area (Å²) in [7, 11) is -0.464. The second-order valence-electron chi connectivity index (χ2n) is 9.37. The molecule has 1 amide bonds. The number of nitrogens with one attached hydrogen (secondary N) is 2. The van der Waals surface area contributed by atoms with E-state index in [0.29, 0.717) is 22.8 Å². The third-order valence-corrected chi connectivity index (χ3v) is 9.56. The van der Waals surface area contributed by atoms with E-state index in [4.69, 9.17) is 26.1 Å². The fraction of sp³-hybridized carbons (Fsp3) is 0.286. The van der Waals surface area contributed by atoms with Gasteiger partial charge in [-0.15, -0.1) is 12.4 Å². The van der Waals surface area contributed by atoms with Crippen LogP contribution in [0.15, 0.2) is 65.6 Å². The maximum Gasteiger partial charge on any atom is 0.261 e. The van der Waals surface area contributed by atoms with Crippen molar-refractivity contribution in [3.63, 3.8) is 0 Å². The van der Waals surface area contributed by atoms with E-state index in [9.17, 15) is 13.2 Å². The lowest BCUT2D eigenvalue weighted by Gasteiger charge is -2.34. The van der Waals surface area contributed by atoms with E-state index in [1.54, 1.807) is 49.8 Å². The van der Waals surface area contributed by atoms with E-state index >= 15 is 0 Å². The standard InChI is InChI=1S/C28H30ClN5O5S2.ClH/c1-38-23-11-12-24(39-2)26-25(23)31-28(40-26)34-17-15-33(16-18-34)14-13-30-27(35)19-3-7-21(8-4-19)32-41(36,37)22-9-5-20(29)6-10-22;/h3-12,32H,13-18H2,1-2H3,(H,30,35);1H. The summed E-state index contributed by atoms with van der Waals surface area (Å²) in [6.45, 7) is 4.57. The zero-order valence-corrected chi connectivity index (χ0v) is 26.2. The third kappa shape index (κ3) is 7.19. The monoisotopic (exact) mass is 651 g/mol. The number of fused-ring (bicyclic) bond motifs is 1. The molecule has 224 valence electrons. The highest BCUT2D eigenvalue weighted by molar-refractivity contribution is 7.92. The Morgan fingerprint density at radius 2 is 1.60 bits per heavy atom. The van der Waals surface area contributed by atoms with Crippen LogP contribution in [-0.4, -0.2) is 77.7 Å². The number of aromatic nitrogens is 1. The molecule has 0 radical (unpaired) electrons. The van der Waals surface area contributed by atoms with Gasteiger partial charge < -0.3 is 19.7 Å². The number of sulfonamides is 1. The molecule has 1 saturated heterocycles. The van der Waals surface area contributed by atoms with Gasteiger partial charge in [0.25, 0.3) is 15.9 Å². The summed E-state index contributed by atoms with van der Waals surface area (Å²) in [5.74, 6) is 1.30. The first-order valence-corrected chi connectivity index (χ1v) is 15.6. The Bertz CT molecular complexity index is 1580. The normalized spacial score (nSPS) is 13.8. The van der Waals surface area contributed by atoms with Crippen LogP contribution in [0.2, 0.25) is 5.02 Å². The topological polar surface area (TPSA) is 113 Å². The van der Waals surface area contributed by atoms with Crippen LogP contribution in [0.3, 0.4) is 0 Å². The lowest BCUT2D eigenvalue weighted by atomic mass is 10.2. The van der Waals surface area contributed by atoms with Crippen LogP contribution in [0.5, 0.6) is 11.5 Å². The Morgan fingerprint density at radius 1 is 0.952 bits per heavy atom. The van der Waals surface area contributed by atoms with Crippen molar-refractivity contribution in [2.75, 3.05) is 63.1 Å². The van der Waals surface area contributed by atoms with Gasteiger partial charge in [-0.2, -0.15) is 0 Å². The number of rotatable bonds is 10. The van der Waals surface area contributed by atoms with E-state index in [1.165, 1.54) is 24.3 Å². The molecule has 1 aliphatic heterocycles. The average Bonchev–Trinajstić information content (AvgIpc) is 3.43. The quantitative estimate of drug-likeness (QED) is 0.253. The van der Waals surface area contributed by atoms with Crippen molar-refractivity contribution in [1.82, 2.24) is 15.2 Å². The Kier molecular flexibility index (Phi) is 10.4. The van der Waals surface area contributed by atoms with Gasteiger partial charge >= 0.3 is 0 Å². The number of nitrogens with zero attached hydrogens (tertiary/aromatic N) is 3. The minimum absolute atomic E-state index is 0. The van der Waals surface area contributed by atoms with Crippen LogP contribution in [0.25, 0.3) is 10.2 Å². The SMILES string of the molecule is COc1ccc(OC)c2sc(N3CCN(CCNC(=O)c4ccc(NS(=O)(=O)c5ccc(Cl)cc5)cc4)CC3)nc12.Cl. The molecule has 4 aromatic rings. The number of amides is 1. The number of thiazole rings is 1. The van der Waals surface area contributed by atoms with Gasteiger partial charge in [-0.1, -0.05) is 22.9 Å². The molecule has 2 heterocycles. The van der Waals surface area contributed by atoms with E-state index < -0.39 is 10.0 Å². The number of ether oxygens (including phenoxy) is 2. The maximum atomic E-state index is 12.6. The number of piperazine rings is 1. The summed E-state index contributed by atoms with van der Waals surface area (Å²) in [5, 5.41) is 4.34. The second kappa shape index (κ2) is 13.8. The van der Waals surface area contributed by atoms with Crippen LogP contribution < -0.4 is 24.4 Å². The summed E-state index contributed by atoms with van der Waals surface area (Å²) in [5.41, 5.74) is 1.62. The molecule has 1 aliphatic rings. The van der Waals surface area contributed by atoms with Gasteiger partial charge in [0.15, 0.2) is 5.13 Å². The number of anilines is 2. The number of carbonyl (C=O) groups excluding carboxylic acids is 1. The van der Waals surface area contributed by atoms with E-state index in [0.717, 1.165) is 59.6 Å². The van der Waals surface area contributed by atoms with Crippen LogP contribution in [-0.2, 0) is 10.0 Å². The van der Waals surface area contributed by atoms with Crippen molar-refractivity contribution in [1.29, 1.82) is 0 Å². The molecule has 2 N–H and O–H groups in total. The van der Waals surface area contributed by atoms with Crippen LogP contribution >= 0.6 is 35.3 Å². The largest absolute Gasteiger partial charge is 0.495 e. The van der Waals surface area contributed by atoms with Crippen molar-refractivity contribution < 1.29 is 22.7 Å². The number of methoxy groups -OCH3 is 2.